The van der Waals surface area contributed by atoms with E-state index in [1.54, 1.807) is 0 Å². The van der Waals surface area contributed by atoms with Crippen molar-refractivity contribution in [2.24, 2.45) is 0 Å². The Bertz CT molecular complexity index is 1420. The van der Waals surface area contributed by atoms with Crippen LogP contribution in [0.4, 0.5) is 0 Å². The molecule has 3 heterocycles. The largest absolute Gasteiger partial charge is 0.508 e. The molecule has 2 aliphatic rings. The molecule has 1 aromatic heterocycles. The van der Waals surface area contributed by atoms with Crippen LogP contribution in [-0.2, 0) is 14.2 Å². The summed E-state index contributed by atoms with van der Waals surface area (Å²) >= 11 is 0. The molecule has 0 unspecified atom stereocenters. The average Bonchev–Trinajstić information content (AvgIpc) is 2.91. The summed E-state index contributed by atoms with van der Waals surface area (Å²) in [5, 5.41) is 92.0. The quantitative estimate of drug-likeness (QED) is 0.172. The minimum atomic E-state index is -1.88. The van der Waals surface area contributed by atoms with Gasteiger partial charge in [0.25, 0.3) is 0 Å². The normalized spacial score (nSPS) is 32.8. The first-order chi connectivity index (χ1) is 19.0. The molecular weight excluding hydrogens is 536 g/mol. The van der Waals surface area contributed by atoms with Gasteiger partial charge in [0.15, 0.2) is 11.7 Å². The van der Waals surface area contributed by atoms with Crippen LogP contribution in [0.15, 0.2) is 45.6 Å². The second kappa shape index (κ2) is 10.9. The molecule has 0 saturated carbocycles. The molecule has 216 valence electrons. The van der Waals surface area contributed by atoms with Crippen molar-refractivity contribution in [3.63, 3.8) is 0 Å². The van der Waals surface area contributed by atoms with E-state index in [9.17, 15) is 50.8 Å². The van der Waals surface area contributed by atoms with Gasteiger partial charge in [0.1, 0.15) is 82.8 Å². The Morgan fingerprint density at radius 2 is 1.55 bits per heavy atom. The summed E-state index contributed by atoms with van der Waals surface area (Å²) in [5.41, 5.74) is -0.949. The highest BCUT2D eigenvalue weighted by molar-refractivity contribution is 5.88. The number of aromatic hydroxyl groups is 3. The molecule has 2 fully saturated rings. The van der Waals surface area contributed by atoms with Gasteiger partial charge in [-0.05, 0) is 24.3 Å². The van der Waals surface area contributed by atoms with Gasteiger partial charge in [0, 0.05) is 17.7 Å². The monoisotopic (exact) mass is 564 g/mol. The van der Waals surface area contributed by atoms with E-state index < -0.39 is 84.2 Å². The van der Waals surface area contributed by atoms with E-state index in [0.717, 1.165) is 12.1 Å². The van der Waals surface area contributed by atoms with E-state index in [-0.39, 0.29) is 29.1 Å². The van der Waals surface area contributed by atoms with E-state index in [1.807, 2.05) is 0 Å². The van der Waals surface area contributed by atoms with Gasteiger partial charge < -0.3 is 64.6 Å². The Labute approximate surface area is 225 Å². The zero-order valence-corrected chi connectivity index (χ0v) is 20.6. The van der Waals surface area contributed by atoms with Gasteiger partial charge >= 0.3 is 0 Å². The van der Waals surface area contributed by atoms with Crippen LogP contribution in [0.25, 0.3) is 22.3 Å². The second-order valence-electron chi connectivity index (χ2n) is 9.70. The lowest BCUT2D eigenvalue weighted by molar-refractivity contribution is -0.292. The number of hydrogen-bond acceptors (Lipinski definition) is 14. The maximum absolute atomic E-state index is 13.0. The second-order valence-corrected chi connectivity index (χ2v) is 9.70. The molecule has 40 heavy (non-hydrogen) atoms. The first kappa shape index (κ1) is 28.2. The molecule has 14 nitrogen and oxygen atoms in total. The van der Waals surface area contributed by atoms with Crippen LogP contribution in [0.5, 0.6) is 17.2 Å². The van der Waals surface area contributed by atoms with E-state index in [0.29, 0.717) is 5.56 Å². The van der Waals surface area contributed by atoms with Crippen molar-refractivity contribution in [1.82, 2.24) is 0 Å². The molecule has 9 atom stereocenters. The van der Waals surface area contributed by atoms with Crippen molar-refractivity contribution in [2.45, 2.75) is 55.1 Å². The average molecular weight is 564 g/mol. The third-order valence-electron chi connectivity index (χ3n) is 7.04. The topological polar surface area (TPSA) is 240 Å². The highest BCUT2D eigenvalue weighted by Crippen LogP contribution is 2.44. The lowest BCUT2D eigenvalue weighted by Gasteiger charge is -2.42. The van der Waals surface area contributed by atoms with E-state index in [4.69, 9.17) is 18.6 Å². The predicted octanol–water partition coefficient (Wildman–Crippen LogP) is -1.45. The van der Waals surface area contributed by atoms with Crippen LogP contribution in [0.3, 0.4) is 0 Å². The number of ether oxygens (including phenoxy) is 3. The molecule has 0 amide bonds. The summed E-state index contributed by atoms with van der Waals surface area (Å²) in [6.07, 6.45) is -14.5. The number of aliphatic hydroxyl groups is 6. The summed E-state index contributed by atoms with van der Waals surface area (Å²) in [7, 11) is 0. The SMILES string of the molecule is O=c1cc(-c2ccc(O)cc2)oc2cc(O)c([C@@H]3O[C@H](CO[C@@H]4OC[C@H](O)[C@H](O)[C@H]4O)[C@@H](O)[C@H](O)[C@H]3O)c(O)c12. The van der Waals surface area contributed by atoms with Crippen LogP contribution in [0.1, 0.15) is 11.7 Å². The highest BCUT2D eigenvalue weighted by atomic mass is 16.7. The Kier molecular flexibility index (Phi) is 7.71. The lowest BCUT2D eigenvalue weighted by Crippen LogP contribution is -2.57. The Balaban J connectivity index is 1.45. The van der Waals surface area contributed by atoms with E-state index in [1.165, 1.54) is 24.3 Å². The van der Waals surface area contributed by atoms with Crippen LogP contribution < -0.4 is 5.43 Å². The maximum atomic E-state index is 13.0. The molecule has 2 aliphatic heterocycles. The van der Waals surface area contributed by atoms with Gasteiger partial charge in [0.05, 0.1) is 18.8 Å². The highest BCUT2D eigenvalue weighted by Gasteiger charge is 2.47. The molecule has 5 rings (SSSR count). The van der Waals surface area contributed by atoms with Crippen molar-refractivity contribution in [1.29, 1.82) is 0 Å². The van der Waals surface area contributed by atoms with Crippen LogP contribution in [0, 0.1) is 0 Å². The van der Waals surface area contributed by atoms with Gasteiger partial charge in [-0.25, -0.2) is 0 Å². The van der Waals surface area contributed by atoms with Crippen LogP contribution in [0.2, 0.25) is 0 Å². The van der Waals surface area contributed by atoms with Gasteiger partial charge in [-0.1, -0.05) is 0 Å². The molecule has 2 saturated heterocycles. The Morgan fingerprint density at radius 3 is 2.25 bits per heavy atom. The summed E-state index contributed by atoms with van der Waals surface area (Å²) in [5.74, 6) is -1.38. The van der Waals surface area contributed by atoms with Gasteiger partial charge in [0.2, 0.25) is 0 Å². The molecule has 0 aliphatic carbocycles. The number of phenols is 3. The summed E-state index contributed by atoms with van der Waals surface area (Å²) in [6, 6.07) is 7.86. The number of aliphatic hydroxyl groups excluding tert-OH is 6. The molecule has 9 N–H and O–H groups in total. The lowest BCUT2D eigenvalue weighted by atomic mass is 9.89. The molecular formula is C26H28O14. The van der Waals surface area contributed by atoms with Crippen LogP contribution in [-0.4, -0.2) is 108 Å². The fourth-order valence-electron chi connectivity index (χ4n) is 4.80. The number of fused-ring (bicyclic) bond motifs is 1. The van der Waals surface area contributed by atoms with E-state index >= 15 is 0 Å². The molecule has 0 spiro atoms. The van der Waals surface area contributed by atoms with Crippen molar-refractivity contribution in [3.05, 3.63) is 52.2 Å². The first-order valence-corrected chi connectivity index (χ1v) is 12.3. The molecule has 0 radical (unpaired) electrons. The molecule has 0 bridgehead atoms. The zero-order valence-electron chi connectivity index (χ0n) is 20.6. The maximum Gasteiger partial charge on any atom is 0.197 e. The van der Waals surface area contributed by atoms with E-state index in [2.05, 4.69) is 0 Å². The first-order valence-electron chi connectivity index (χ1n) is 12.3. The Morgan fingerprint density at radius 1 is 0.850 bits per heavy atom. The fourth-order valence-corrected chi connectivity index (χ4v) is 4.80. The number of hydrogen-bond donors (Lipinski definition) is 9. The fraction of sp³-hybridized carbons (Fsp3) is 0.423. The molecule has 3 aromatic rings. The van der Waals surface area contributed by atoms with Gasteiger partial charge in [-0.3, -0.25) is 4.79 Å². The number of benzene rings is 2. The smallest absolute Gasteiger partial charge is 0.197 e. The van der Waals surface area contributed by atoms with Crippen molar-refractivity contribution >= 4 is 11.0 Å². The zero-order chi connectivity index (χ0) is 28.9. The number of phenolic OH excluding ortho intramolecular Hbond substituents is 3. The minimum Gasteiger partial charge on any atom is -0.508 e. The number of rotatable bonds is 5. The minimum absolute atomic E-state index is 0.00676. The molecule has 2 aromatic carbocycles. The van der Waals surface area contributed by atoms with Crippen LogP contribution >= 0.6 is 0 Å². The third-order valence-corrected chi connectivity index (χ3v) is 7.04. The van der Waals surface area contributed by atoms with Crippen molar-refractivity contribution < 1.29 is 64.6 Å². The Hall–Kier alpha value is -3.31. The van der Waals surface area contributed by atoms with Gasteiger partial charge in [-0.15, -0.1) is 0 Å². The summed E-state index contributed by atoms with van der Waals surface area (Å²) in [4.78, 5) is 13.0. The van der Waals surface area contributed by atoms with Gasteiger partial charge in [-0.2, -0.15) is 0 Å². The van der Waals surface area contributed by atoms with Crippen molar-refractivity contribution in [2.75, 3.05) is 13.2 Å². The predicted molar refractivity (Wildman–Crippen MR) is 132 cm³/mol. The van der Waals surface area contributed by atoms with Crippen molar-refractivity contribution in [3.8, 4) is 28.6 Å². The third kappa shape index (κ3) is 5.01. The summed E-state index contributed by atoms with van der Waals surface area (Å²) < 4.78 is 21.9. The molecule has 14 heteroatoms. The summed E-state index contributed by atoms with van der Waals surface area (Å²) in [6.45, 7) is -0.907. The standard InChI is InChI=1S/C26H28O14/c27-10-3-1-9(2-4-10)14-5-11(28)17-15(39-14)6-12(29)18(21(17)33)25-23(35)22(34)20(32)16(40-25)8-38-26-24(36)19(31)13(30)7-37-26/h1-6,13,16,19-20,22-27,29-36H,7-8H2/t13-,16+,19-,20+,22-,23+,24+,25-,26-/m0/s1.